The van der Waals surface area contributed by atoms with Crippen molar-refractivity contribution < 1.29 is 0 Å². The third kappa shape index (κ3) is 3.02. The Morgan fingerprint density at radius 1 is 1.15 bits per heavy atom. The molecular formula is C18H24N2. The zero-order valence-corrected chi connectivity index (χ0v) is 12.5. The highest BCUT2D eigenvalue weighted by Gasteiger charge is 2.24. The van der Waals surface area contributed by atoms with Gasteiger partial charge in [0.05, 0.1) is 0 Å². The first-order valence-corrected chi connectivity index (χ1v) is 7.61. The number of fused-ring (bicyclic) bond motifs is 1. The van der Waals surface area contributed by atoms with Crippen LogP contribution in [0.25, 0.3) is 10.8 Å². The smallest absolute Gasteiger partial charge is 0.0452 e. The molecule has 1 unspecified atom stereocenters. The molecular weight excluding hydrogens is 244 g/mol. The van der Waals surface area contributed by atoms with Crippen LogP contribution >= 0.6 is 0 Å². The largest absolute Gasteiger partial charge is 0.312 e. The summed E-state index contributed by atoms with van der Waals surface area (Å²) in [5.41, 5.74) is 1.41. The molecule has 2 aromatic carbocycles. The van der Waals surface area contributed by atoms with Gasteiger partial charge in [0.25, 0.3) is 0 Å². The Hall–Kier alpha value is -1.38. The van der Waals surface area contributed by atoms with Gasteiger partial charge in [0, 0.05) is 19.1 Å². The van der Waals surface area contributed by atoms with Gasteiger partial charge in [0.15, 0.2) is 0 Å². The second-order valence-electron chi connectivity index (χ2n) is 6.07. The third-order valence-electron chi connectivity index (χ3n) is 4.31. The second kappa shape index (κ2) is 5.94. The Balaban J connectivity index is 1.82. The lowest BCUT2D eigenvalue weighted by atomic mass is 9.98. The maximum Gasteiger partial charge on any atom is 0.0452 e. The van der Waals surface area contributed by atoms with Gasteiger partial charge in [-0.3, -0.25) is 0 Å². The fourth-order valence-corrected chi connectivity index (χ4v) is 3.03. The molecule has 0 amide bonds. The molecule has 0 aromatic heterocycles. The molecule has 0 heterocycles. The van der Waals surface area contributed by atoms with E-state index in [4.69, 9.17) is 0 Å². The number of nitrogens with zero attached hydrogens (tertiary/aromatic N) is 1. The van der Waals surface area contributed by atoms with Gasteiger partial charge >= 0.3 is 0 Å². The fraction of sp³-hybridized carbons (Fsp3) is 0.444. The van der Waals surface area contributed by atoms with E-state index >= 15 is 0 Å². The fourth-order valence-electron chi connectivity index (χ4n) is 3.03. The minimum Gasteiger partial charge on any atom is -0.312 e. The molecule has 1 saturated carbocycles. The molecule has 1 aliphatic carbocycles. The molecule has 0 spiro atoms. The molecule has 0 saturated heterocycles. The van der Waals surface area contributed by atoms with Gasteiger partial charge < -0.3 is 10.2 Å². The second-order valence-corrected chi connectivity index (χ2v) is 6.07. The maximum absolute atomic E-state index is 3.49. The Bertz CT molecular complexity index is 569. The molecule has 1 fully saturated rings. The lowest BCUT2D eigenvalue weighted by Gasteiger charge is -2.25. The first-order chi connectivity index (χ1) is 9.78. The summed E-state index contributed by atoms with van der Waals surface area (Å²) in [5, 5.41) is 6.19. The molecule has 106 valence electrons. The van der Waals surface area contributed by atoms with Crippen LogP contribution in [-0.4, -0.2) is 32.1 Å². The zero-order chi connectivity index (χ0) is 13.9. The van der Waals surface area contributed by atoms with E-state index in [0.29, 0.717) is 6.04 Å². The predicted molar refractivity (Wildman–Crippen MR) is 86.0 cm³/mol. The van der Waals surface area contributed by atoms with E-state index in [1.165, 1.54) is 35.7 Å². The van der Waals surface area contributed by atoms with Crippen LogP contribution in [0.5, 0.6) is 0 Å². The van der Waals surface area contributed by atoms with Gasteiger partial charge in [-0.05, 0) is 49.2 Å². The Labute approximate surface area is 121 Å². The van der Waals surface area contributed by atoms with Crippen LogP contribution in [0.2, 0.25) is 0 Å². The average molecular weight is 268 g/mol. The van der Waals surface area contributed by atoms with Crippen molar-refractivity contribution in [1.82, 2.24) is 10.2 Å². The molecule has 3 rings (SSSR count). The normalized spacial score (nSPS) is 16.8. The van der Waals surface area contributed by atoms with Gasteiger partial charge in [0.2, 0.25) is 0 Å². The minimum absolute atomic E-state index is 0.393. The quantitative estimate of drug-likeness (QED) is 0.863. The van der Waals surface area contributed by atoms with Crippen molar-refractivity contribution in [3.05, 3.63) is 48.0 Å². The Morgan fingerprint density at radius 2 is 1.90 bits per heavy atom. The SMILES string of the molecule is CNC(CN(C)CC1CC1)c1cccc2ccccc12. The van der Waals surface area contributed by atoms with Crippen LogP contribution in [0.15, 0.2) is 42.5 Å². The number of likely N-dealkylation sites (N-methyl/N-ethyl adjacent to an activating group) is 2. The van der Waals surface area contributed by atoms with E-state index in [0.717, 1.165) is 12.5 Å². The van der Waals surface area contributed by atoms with Crippen molar-refractivity contribution in [2.45, 2.75) is 18.9 Å². The highest BCUT2D eigenvalue weighted by molar-refractivity contribution is 5.86. The molecule has 0 bridgehead atoms. The van der Waals surface area contributed by atoms with Crippen molar-refractivity contribution in [2.75, 3.05) is 27.2 Å². The van der Waals surface area contributed by atoms with Crippen LogP contribution in [-0.2, 0) is 0 Å². The maximum atomic E-state index is 3.49. The van der Waals surface area contributed by atoms with Crippen molar-refractivity contribution in [2.24, 2.45) is 5.92 Å². The van der Waals surface area contributed by atoms with Crippen LogP contribution < -0.4 is 5.32 Å². The number of rotatable bonds is 6. The summed E-state index contributed by atoms with van der Waals surface area (Å²) in [5.74, 6) is 0.949. The van der Waals surface area contributed by atoms with Gasteiger partial charge in [-0.2, -0.15) is 0 Å². The van der Waals surface area contributed by atoms with Crippen LogP contribution in [0, 0.1) is 5.92 Å². The van der Waals surface area contributed by atoms with E-state index in [1.54, 1.807) is 0 Å². The van der Waals surface area contributed by atoms with Crippen LogP contribution in [0.4, 0.5) is 0 Å². The van der Waals surface area contributed by atoms with E-state index in [9.17, 15) is 0 Å². The van der Waals surface area contributed by atoms with Crippen molar-refractivity contribution in [3.8, 4) is 0 Å². The van der Waals surface area contributed by atoms with E-state index in [-0.39, 0.29) is 0 Å². The summed E-state index contributed by atoms with van der Waals surface area (Å²) in [7, 11) is 4.31. The van der Waals surface area contributed by atoms with Crippen LogP contribution in [0.1, 0.15) is 24.4 Å². The monoisotopic (exact) mass is 268 g/mol. The topological polar surface area (TPSA) is 15.3 Å². The first kappa shape index (κ1) is 13.6. The Morgan fingerprint density at radius 3 is 2.65 bits per heavy atom. The van der Waals surface area contributed by atoms with E-state index < -0.39 is 0 Å². The summed E-state index contributed by atoms with van der Waals surface area (Å²) in [6.45, 7) is 2.31. The molecule has 20 heavy (non-hydrogen) atoms. The molecule has 2 aromatic rings. The minimum atomic E-state index is 0.393. The van der Waals surface area contributed by atoms with E-state index in [1.807, 2.05) is 0 Å². The third-order valence-corrected chi connectivity index (χ3v) is 4.31. The lowest BCUT2D eigenvalue weighted by Crippen LogP contribution is -2.32. The summed E-state index contributed by atoms with van der Waals surface area (Å²) in [6.07, 6.45) is 2.84. The summed E-state index contributed by atoms with van der Waals surface area (Å²) >= 11 is 0. The number of benzene rings is 2. The van der Waals surface area contributed by atoms with Gasteiger partial charge in [-0.15, -0.1) is 0 Å². The zero-order valence-electron chi connectivity index (χ0n) is 12.5. The number of hydrogen-bond donors (Lipinski definition) is 1. The van der Waals surface area contributed by atoms with Gasteiger partial charge in [-0.1, -0.05) is 42.5 Å². The summed E-state index contributed by atoms with van der Waals surface area (Å²) < 4.78 is 0. The van der Waals surface area contributed by atoms with Gasteiger partial charge in [-0.25, -0.2) is 0 Å². The molecule has 1 aliphatic rings. The molecule has 2 heteroatoms. The van der Waals surface area contributed by atoms with Gasteiger partial charge in [0.1, 0.15) is 0 Å². The Kier molecular flexibility index (Phi) is 4.04. The lowest BCUT2D eigenvalue weighted by molar-refractivity contribution is 0.287. The van der Waals surface area contributed by atoms with Crippen LogP contribution in [0.3, 0.4) is 0 Å². The highest BCUT2D eigenvalue weighted by atomic mass is 15.1. The molecule has 2 nitrogen and oxygen atoms in total. The number of hydrogen-bond acceptors (Lipinski definition) is 2. The standard InChI is InChI=1S/C18H24N2/c1-19-18(13-20(2)12-14-10-11-14)17-9-5-7-15-6-3-4-8-16(15)17/h3-9,14,18-19H,10-13H2,1-2H3. The molecule has 1 N–H and O–H groups in total. The first-order valence-electron chi connectivity index (χ1n) is 7.61. The molecule has 1 atom stereocenters. The molecule has 0 radical (unpaired) electrons. The highest BCUT2D eigenvalue weighted by Crippen LogP contribution is 2.30. The summed E-state index contributed by atoms with van der Waals surface area (Å²) in [4.78, 5) is 2.47. The van der Waals surface area contributed by atoms with Crippen molar-refractivity contribution >= 4 is 10.8 Å². The number of nitrogens with one attached hydrogen (secondary N) is 1. The van der Waals surface area contributed by atoms with E-state index in [2.05, 4.69) is 66.8 Å². The van der Waals surface area contributed by atoms with Crippen molar-refractivity contribution in [1.29, 1.82) is 0 Å². The summed E-state index contributed by atoms with van der Waals surface area (Å²) in [6, 6.07) is 15.7. The predicted octanol–water partition coefficient (Wildman–Crippen LogP) is 3.44. The van der Waals surface area contributed by atoms with Crippen molar-refractivity contribution in [3.63, 3.8) is 0 Å². The molecule has 0 aliphatic heterocycles. The average Bonchev–Trinajstić information content (AvgIpc) is 3.28.